The maximum absolute atomic E-state index is 12.8. The first-order valence-corrected chi connectivity index (χ1v) is 12.6. The average molecular weight is 487 g/mol. The van der Waals surface area contributed by atoms with Crippen LogP contribution in [0.1, 0.15) is 35.5 Å². The van der Waals surface area contributed by atoms with Gasteiger partial charge < -0.3 is 0 Å². The van der Waals surface area contributed by atoms with Gasteiger partial charge in [-0.1, -0.05) is 60.7 Å². The highest BCUT2D eigenvalue weighted by atomic mass is 32.2. The molecule has 3 aromatic carbocycles. The summed E-state index contributed by atoms with van der Waals surface area (Å²) in [6.07, 6.45) is 3.45. The Morgan fingerprint density at radius 1 is 0.618 bits per heavy atom. The summed E-state index contributed by atoms with van der Waals surface area (Å²) in [5, 5.41) is 11.7. The summed E-state index contributed by atoms with van der Waals surface area (Å²) in [4.78, 5) is 25.5. The van der Waals surface area contributed by atoms with E-state index in [0.717, 1.165) is 21.9 Å². The van der Waals surface area contributed by atoms with Crippen LogP contribution in [0, 0.1) is 0 Å². The van der Waals surface area contributed by atoms with Crippen molar-refractivity contribution in [3.05, 3.63) is 117 Å². The second-order valence-electron chi connectivity index (χ2n) is 7.98. The van der Waals surface area contributed by atoms with Gasteiger partial charge in [-0.15, -0.1) is 0 Å². The van der Waals surface area contributed by atoms with Gasteiger partial charge in [0, 0.05) is 21.3 Å². The van der Waals surface area contributed by atoms with E-state index in [2.05, 4.69) is 48.3 Å². The molecule has 0 amide bonds. The lowest BCUT2D eigenvalue weighted by Gasteiger charge is -2.15. The molecular formula is C26H22N4O2S2. The maximum atomic E-state index is 12.8. The van der Waals surface area contributed by atoms with Crippen LogP contribution in [0.3, 0.4) is 0 Å². The third-order valence-electron chi connectivity index (χ3n) is 5.72. The van der Waals surface area contributed by atoms with Crippen molar-refractivity contribution in [2.24, 2.45) is 0 Å². The van der Waals surface area contributed by atoms with Gasteiger partial charge in [0.2, 0.25) is 0 Å². The van der Waals surface area contributed by atoms with Crippen molar-refractivity contribution < 1.29 is 0 Å². The van der Waals surface area contributed by atoms with Gasteiger partial charge in [-0.25, -0.2) is 0 Å². The zero-order valence-corrected chi connectivity index (χ0v) is 20.3. The molecule has 2 aromatic heterocycles. The summed E-state index contributed by atoms with van der Waals surface area (Å²) < 4.78 is 2.91. The van der Waals surface area contributed by atoms with E-state index in [4.69, 9.17) is 0 Å². The van der Waals surface area contributed by atoms with Gasteiger partial charge in [0.25, 0.3) is 11.1 Å². The molecule has 5 aromatic rings. The van der Waals surface area contributed by atoms with Crippen molar-refractivity contribution in [2.45, 2.75) is 24.3 Å². The maximum Gasteiger partial charge on any atom is 0.285 e. The first kappa shape index (κ1) is 22.4. The molecule has 2 heterocycles. The molecular weight excluding hydrogens is 464 g/mol. The molecule has 0 aliphatic rings. The van der Waals surface area contributed by atoms with E-state index in [1.165, 1.54) is 32.1 Å². The molecule has 0 aliphatic carbocycles. The predicted molar refractivity (Wildman–Crippen MR) is 141 cm³/mol. The Kier molecular flexibility index (Phi) is 6.26. The molecule has 5 rings (SSSR count). The lowest BCUT2D eigenvalue weighted by Crippen LogP contribution is -2.18. The number of benzene rings is 3. The monoisotopic (exact) mass is 486 g/mol. The normalized spacial score (nSPS) is 13.2. The molecule has 0 radical (unpaired) electrons. The SMILES string of the molecule is CC(Sn1ncc2ccccc2c1=O)c1ccc(C(C)Sn2ncc3ccccc3c2=O)cc1. The van der Waals surface area contributed by atoms with Crippen LogP contribution < -0.4 is 11.1 Å². The molecule has 2 atom stereocenters. The van der Waals surface area contributed by atoms with Crippen LogP contribution in [0.15, 0.2) is 94.8 Å². The number of hydrogen-bond donors (Lipinski definition) is 0. The standard InChI is InChI=1S/C26H22N4O2S2/c1-17(33-29-25(31)23-9-5-3-7-21(23)15-27-29)19-11-13-20(14-12-19)18(2)34-30-26(32)24-10-6-4-8-22(24)16-28-30/h3-18H,1-2H3. The highest BCUT2D eigenvalue weighted by molar-refractivity contribution is 7.98. The minimum Gasteiger partial charge on any atom is -0.266 e. The van der Waals surface area contributed by atoms with Crippen LogP contribution in [0.2, 0.25) is 0 Å². The lowest BCUT2D eigenvalue weighted by molar-refractivity contribution is 0.914. The molecule has 0 aliphatic heterocycles. The largest absolute Gasteiger partial charge is 0.285 e. The fraction of sp³-hybridized carbons (Fsp3) is 0.154. The van der Waals surface area contributed by atoms with Gasteiger partial charge >= 0.3 is 0 Å². The van der Waals surface area contributed by atoms with Crippen LogP contribution in [-0.2, 0) is 0 Å². The summed E-state index contributed by atoms with van der Waals surface area (Å²) in [6.45, 7) is 4.11. The molecule has 6 nitrogen and oxygen atoms in total. The molecule has 2 unspecified atom stereocenters. The number of nitrogens with zero attached hydrogens (tertiary/aromatic N) is 4. The quantitative estimate of drug-likeness (QED) is 0.310. The van der Waals surface area contributed by atoms with E-state index in [1.807, 2.05) is 48.5 Å². The van der Waals surface area contributed by atoms with Gasteiger partial charge in [0.1, 0.15) is 0 Å². The van der Waals surface area contributed by atoms with Gasteiger partial charge in [-0.05, 0) is 61.0 Å². The van der Waals surface area contributed by atoms with Gasteiger partial charge in [-0.2, -0.15) is 18.4 Å². The number of fused-ring (bicyclic) bond motifs is 2. The van der Waals surface area contributed by atoms with E-state index >= 15 is 0 Å². The summed E-state index contributed by atoms with van der Waals surface area (Å²) >= 11 is 2.78. The van der Waals surface area contributed by atoms with Crippen LogP contribution in [0.4, 0.5) is 0 Å². The third-order valence-corrected chi connectivity index (χ3v) is 7.82. The van der Waals surface area contributed by atoms with Crippen LogP contribution in [0.5, 0.6) is 0 Å². The molecule has 34 heavy (non-hydrogen) atoms. The van der Waals surface area contributed by atoms with Crippen molar-refractivity contribution in [3.63, 3.8) is 0 Å². The molecule has 0 fully saturated rings. The van der Waals surface area contributed by atoms with E-state index in [-0.39, 0.29) is 21.6 Å². The summed E-state index contributed by atoms with van der Waals surface area (Å²) in [5.74, 6) is 0. The molecule has 8 heteroatoms. The minimum atomic E-state index is -0.107. The highest BCUT2D eigenvalue weighted by Gasteiger charge is 2.14. The fourth-order valence-corrected chi connectivity index (χ4v) is 5.51. The highest BCUT2D eigenvalue weighted by Crippen LogP contribution is 2.32. The second kappa shape index (κ2) is 9.48. The first-order chi connectivity index (χ1) is 16.5. The smallest absolute Gasteiger partial charge is 0.266 e. The van der Waals surface area contributed by atoms with E-state index < -0.39 is 0 Å². The number of rotatable bonds is 6. The van der Waals surface area contributed by atoms with Crippen molar-refractivity contribution in [1.29, 1.82) is 0 Å². The van der Waals surface area contributed by atoms with Gasteiger partial charge in [0.05, 0.1) is 23.2 Å². The number of hydrogen-bond acceptors (Lipinski definition) is 6. The topological polar surface area (TPSA) is 69.8 Å². The average Bonchev–Trinajstić information content (AvgIpc) is 2.87. The lowest BCUT2D eigenvalue weighted by atomic mass is 10.1. The predicted octanol–water partition coefficient (Wildman–Crippen LogP) is 5.62. The van der Waals surface area contributed by atoms with Crippen molar-refractivity contribution in [2.75, 3.05) is 0 Å². The zero-order valence-electron chi connectivity index (χ0n) is 18.7. The van der Waals surface area contributed by atoms with E-state index in [0.29, 0.717) is 10.8 Å². The molecule has 0 spiro atoms. The minimum absolute atomic E-state index is 0.0353. The van der Waals surface area contributed by atoms with Crippen molar-refractivity contribution in [1.82, 2.24) is 18.4 Å². The summed E-state index contributed by atoms with van der Waals surface area (Å²) in [5.41, 5.74) is 1.97. The van der Waals surface area contributed by atoms with Gasteiger partial charge in [0.15, 0.2) is 0 Å². The van der Waals surface area contributed by atoms with Crippen LogP contribution in [0.25, 0.3) is 21.5 Å². The molecule has 0 bridgehead atoms. The summed E-state index contributed by atoms with van der Waals surface area (Å²) in [7, 11) is 0. The second-order valence-corrected chi connectivity index (χ2v) is 10.5. The Hall–Kier alpha value is -3.36. The van der Waals surface area contributed by atoms with Crippen molar-refractivity contribution in [3.8, 4) is 0 Å². The Morgan fingerprint density at radius 3 is 1.41 bits per heavy atom. The van der Waals surface area contributed by atoms with E-state index in [1.54, 1.807) is 12.4 Å². The van der Waals surface area contributed by atoms with Gasteiger partial charge in [-0.3, -0.25) is 9.59 Å². The van der Waals surface area contributed by atoms with Crippen molar-refractivity contribution >= 4 is 45.4 Å². The van der Waals surface area contributed by atoms with E-state index in [9.17, 15) is 9.59 Å². The fourth-order valence-electron chi connectivity index (χ4n) is 3.76. The zero-order chi connectivity index (χ0) is 23.7. The number of aromatic nitrogens is 4. The van der Waals surface area contributed by atoms with Crippen LogP contribution in [-0.4, -0.2) is 18.4 Å². The Bertz CT molecular complexity index is 1470. The molecule has 0 saturated carbocycles. The Labute approximate surface area is 204 Å². The molecule has 170 valence electrons. The third kappa shape index (κ3) is 4.38. The molecule has 0 N–H and O–H groups in total. The Balaban J connectivity index is 1.31. The Morgan fingerprint density at radius 2 is 1.00 bits per heavy atom. The summed E-state index contributed by atoms with van der Waals surface area (Å²) in [6, 6.07) is 23.2. The van der Waals surface area contributed by atoms with Crippen LogP contribution >= 0.6 is 23.9 Å². The molecule has 0 saturated heterocycles. The first-order valence-electron chi connectivity index (χ1n) is 10.9.